The van der Waals surface area contributed by atoms with Crippen LogP contribution in [0.2, 0.25) is 0 Å². The fourth-order valence-electron chi connectivity index (χ4n) is 2.68. The summed E-state index contributed by atoms with van der Waals surface area (Å²) in [4.78, 5) is 10.5. The van der Waals surface area contributed by atoms with Crippen LogP contribution in [0, 0.1) is 5.82 Å². The summed E-state index contributed by atoms with van der Waals surface area (Å²) in [5.41, 5.74) is 0. The summed E-state index contributed by atoms with van der Waals surface area (Å²) in [6.45, 7) is 5.76. The molecule has 0 bridgehead atoms. The van der Waals surface area contributed by atoms with Crippen LogP contribution < -0.4 is 10.2 Å². The van der Waals surface area contributed by atoms with E-state index in [1.807, 2.05) is 6.92 Å². The Morgan fingerprint density at radius 2 is 2.21 bits per heavy atom. The second kappa shape index (κ2) is 6.68. The van der Waals surface area contributed by atoms with Crippen molar-refractivity contribution in [1.82, 2.24) is 9.97 Å². The lowest BCUT2D eigenvalue weighted by molar-refractivity contribution is 0.531. The van der Waals surface area contributed by atoms with E-state index in [1.54, 1.807) is 0 Å². The number of nitrogens with one attached hydrogen (secondary N) is 1. The van der Waals surface area contributed by atoms with Crippen molar-refractivity contribution in [3.63, 3.8) is 0 Å². The van der Waals surface area contributed by atoms with Gasteiger partial charge in [0.2, 0.25) is 5.95 Å². The molecule has 0 spiro atoms. The molecule has 1 saturated heterocycles. The molecule has 1 aromatic heterocycles. The lowest BCUT2D eigenvalue weighted by atomic mass is 10.1. The van der Waals surface area contributed by atoms with Crippen LogP contribution >= 0.6 is 0 Å². The molecule has 19 heavy (non-hydrogen) atoms. The Hall–Kier alpha value is -1.39. The van der Waals surface area contributed by atoms with Gasteiger partial charge in [0.1, 0.15) is 0 Å². The zero-order valence-electron chi connectivity index (χ0n) is 11.8. The minimum absolute atomic E-state index is 0.318. The van der Waals surface area contributed by atoms with Gasteiger partial charge in [-0.25, -0.2) is 9.37 Å². The first-order chi connectivity index (χ1) is 9.26. The minimum atomic E-state index is -0.318. The van der Waals surface area contributed by atoms with Gasteiger partial charge < -0.3 is 10.2 Å². The molecule has 106 valence electrons. The Kier molecular flexibility index (Phi) is 4.93. The van der Waals surface area contributed by atoms with E-state index < -0.39 is 0 Å². The highest BCUT2D eigenvalue weighted by atomic mass is 19.1. The third-order valence-electron chi connectivity index (χ3n) is 3.68. The number of nitrogens with zero attached hydrogens (tertiary/aromatic N) is 3. The maximum atomic E-state index is 14.0. The molecule has 4 nitrogen and oxygen atoms in total. The van der Waals surface area contributed by atoms with Crippen LogP contribution in [-0.2, 0) is 0 Å². The van der Waals surface area contributed by atoms with Gasteiger partial charge in [-0.2, -0.15) is 4.98 Å². The van der Waals surface area contributed by atoms with Gasteiger partial charge in [-0.3, -0.25) is 0 Å². The molecular weight excluding hydrogens is 243 g/mol. The van der Waals surface area contributed by atoms with E-state index in [0.717, 1.165) is 32.4 Å². The van der Waals surface area contributed by atoms with Crippen LogP contribution in [0.15, 0.2) is 6.20 Å². The summed E-state index contributed by atoms with van der Waals surface area (Å²) in [7, 11) is 0. The summed E-state index contributed by atoms with van der Waals surface area (Å²) in [5, 5.41) is 3.05. The minimum Gasteiger partial charge on any atom is -0.354 e. The molecule has 1 atom stereocenters. The van der Waals surface area contributed by atoms with Crippen molar-refractivity contribution < 1.29 is 4.39 Å². The molecule has 2 rings (SSSR count). The average molecular weight is 266 g/mol. The summed E-state index contributed by atoms with van der Waals surface area (Å²) in [6, 6.07) is 0.390. The molecule has 1 N–H and O–H groups in total. The molecule has 0 aliphatic carbocycles. The van der Waals surface area contributed by atoms with Crippen LogP contribution in [-0.4, -0.2) is 29.1 Å². The Balaban J connectivity index is 2.28. The predicted molar refractivity (Wildman–Crippen MR) is 76.0 cm³/mol. The molecule has 5 heteroatoms. The van der Waals surface area contributed by atoms with Gasteiger partial charge in [0.15, 0.2) is 11.6 Å². The Morgan fingerprint density at radius 1 is 1.37 bits per heavy atom. The third-order valence-corrected chi connectivity index (χ3v) is 3.68. The summed E-state index contributed by atoms with van der Waals surface area (Å²) >= 11 is 0. The Bertz CT molecular complexity index is 410. The topological polar surface area (TPSA) is 41.1 Å². The van der Waals surface area contributed by atoms with Crippen LogP contribution in [0.5, 0.6) is 0 Å². The van der Waals surface area contributed by atoms with Gasteiger partial charge in [-0.1, -0.05) is 19.8 Å². The zero-order chi connectivity index (χ0) is 13.7. The van der Waals surface area contributed by atoms with E-state index in [2.05, 4.69) is 27.1 Å². The highest BCUT2D eigenvalue weighted by Crippen LogP contribution is 2.26. The fourth-order valence-corrected chi connectivity index (χ4v) is 2.68. The number of halogens is 1. The lowest BCUT2D eigenvalue weighted by Gasteiger charge is -2.30. The van der Waals surface area contributed by atoms with E-state index in [-0.39, 0.29) is 5.82 Å². The lowest BCUT2D eigenvalue weighted by Crippen LogP contribution is -2.36. The van der Waals surface area contributed by atoms with Crippen molar-refractivity contribution in [2.75, 3.05) is 23.3 Å². The molecule has 0 aromatic carbocycles. The molecule has 0 radical (unpaired) electrons. The van der Waals surface area contributed by atoms with Crippen LogP contribution in [0.25, 0.3) is 0 Å². The van der Waals surface area contributed by atoms with Crippen molar-refractivity contribution in [2.45, 2.75) is 52.0 Å². The molecule has 1 aromatic rings. The second-order valence-electron chi connectivity index (χ2n) is 5.00. The summed E-state index contributed by atoms with van der Waals surface area (Å²) < 4.78 is 14.0. The smallest absolute Gasteiger partial charge is 0.224 e. The molecule has 2 heterocycles. The maximum Gasteiger partial charge on any atom is 0.224 e. The van der Waals surface area contributed by atoms with Crippen LogP contribution in [0.1, 0.15) is 46.0 Å². The summed E-state index contributed by atoms with van der Waals surface area (Å²) in [5.74, 6) is 0.653. The van der Waals surface area contributed by atoms with Gasteiger partial charge in [0, 0.05) is 19.1 Å². The first-order valence-corrected chi connectivity index (χ1v) is 7.29. The Morgan fingerprint density at radius 3 is 2.95 bits per heavy atom. The molecule has 0 amide bonds. The van der Waals surface area contributed by atoms with E-state index >= 15 is 0 Å². The van der Waals surface area contributed by atoms with Crippen molar-refractivity contribution >= 4 is 11.8 Å². The molecule has 1 unspecified atom stereocenters. The average Bonchev–Trinajstić information content (AvgIpc) is 2.66. The van der Waals surface area contributed by atoms with Crippen LogP contribution in [0.3, 0.4) is 0 Å². The standard InChI is InChI=1S/C14H23FN4/c1-3-11-8-6-5-7-9-19(11)13-12(15)10-17-14(18-13)16-4-2/h10-11H,3-9H2,1-2H3,(H,16,17,18). The molecule has 1 aliphatic heterocycles. The molecule has 0 saturated carbocycles. The highest BCUT2D eigenvalue weighted by molar-refractivity contribution is 5.45. The SMILES string of the molecule is CCNc1ncc(F)c(N2CCCCCC2CC)n1. The van der Waals surface area contributed by atoms with E-state index in [9.17, 15) is 4.39 Å². The number of anilines is 2. The van der Waals surface area contributed by atoms with Crippen molar-refractivity contribution in [1.29, 1.82) is 0 Å². The number of hydrogen-bond acceptors (Lipinski definition) is 4. The number of hydrogen-bond donors (Lipinski definition) is 1. The Labute approximate surface area is 114 Å². The first kappa shape index (κ1) is 14.0. The van der Waals surface area contributed by atoms with Gasteiger partial charge in [-0.15, -0.1) is 0 Å². The normalized spacial score (nSPS) is 20.2. The third kappa shape index (κ3) is 3.33. The second-order valence-corrected chi connectivity index (χ2v) is 5.00. The predicted octanol–water partition coefficient (Wildman–Crippen LogP) is 3.21. The zero-order valence-corrected chi connectivity index (χ0v) is 11.8. The van der Waals surface area contributed by atoms with E-state index in [1.165, 1.54) is 19.0 Å². The first-order valence-electron chi connectivity index (χ1n) is 7.29. The van der Waals surface area contributed by atoms with E-state index in [4.69, 9.17) is 0 Å². The van der Waals surface area contributed by atoms with Crippen LogP contribution in [0.4, 0.5) is 16.2 Å². The van der Waals surface area contributed by atoms with Gasteiger partial charge >= 0.3 is 0 Å². The van der Waals surface area contributed by atoms with Gasteiger partial charge in [-0.05, 0) is 26.2 Å². The number of rotatable bonds is 4. The highest BCUT2D eigenvalue weighted by Gasteiger charge is 2.23. The monoisotopic (exact) mass is 266 g/mol. The van der Waals surface area contributed by atoms with Gasteiger partial charge in [0.05, 0.1) is 6.20 Å². The van der Waals surface area contributed by atoms with Crippen molar-refractivity contribution in [3.8, 4) is 0 Å². The van der Waals surface area contributed by atoms with Crippen molar-refractivity contribution in [2.24, 2.45) is 0 Å². The van der Waals surface area contributed by atoms with Gasteiger partial charge in [0.25, 0.3) is 0 Å². The maximum absolute atomic E-state index is 14.0. The molecular formula is C14H23FN4. The summed E-state index contributed by atoms with van der Waals surface area (Å²) in [6.07, 6.45) is 6.98. The quantitative estimate of drug-likeness (QED) is 0.908. The molecule has 1 aliphatic rings. The number of aromatic nitrogens is 2. The van der Waals surface area contributed by atoms with Crippen molar-refractivity contribution in [3.05, 3.63) is 12.0 Å². The van der Waals surface area contributed by atoms with E-state index in [0.29, 0.717) is 17.8 Å². The fraction of sp³-hybridized carbons (Fsp3) is 0.714. The largest absolute Gasteiger partial charge is 0.354 e. The molecule has 1 fully saturated rings.